The lowest BCUT2D eigenvalue weighted by Crippen LogP contribution is -2.29. The summed E-state index contributed by atoms with van der Waals surface area (Å²) in [5.41, 5.74) is 1.39. The van der Waals surface area contributed by atoms with Gasteiger partial charge in [0.25, 0.3) is 11.8 Å². The van der Waals surface area contributed by atoms with Crippen LogP contribution in [0.25, 0.3) is 0 Å². The van der Waals surface area contributed by atoms with Crippen LogP contribution >= 0.6 is 0 Å². The average molecular weight is 309 g/mol. The van der Waals surface area contributed by atoms with Crippen molar-refractivity contribution in [3.05, 3.63) is 65.2 Å². The van der Waals surface area contributed by atoms with Gasteiger partial charge in [-0.3, -0.25) is 9.59 Å². The molecule has 0 aliphatic carbocycles. The van der Waals surface area contributed by atoms with E-state index in [0.29, 0.717) is 22.4 Å². The molecule has 0 bridgehead atoms. The van der Waals surface area contributed by atoms with E-state index in [1.54, 1.807) is 56.3 Å². The van der Waals surface area contributed by atoms with E-state index in [4.69, 9.17) is 4.74 Å². The zero-order chi connectivity index (χ0) is 16.6. The third-order valence-electron chi connectivity index (χ3n) is 3.48. The largest absolute Gasteiger partial charge is 0.459 e. The Morgan fingerprint density at radius 3 is 2.13 bits per heavy atom. The van der Waals surface area contributed by atoms with Crippen molar-refractivity contribution in [3.63, 3.8) is 0 Å². The summed E-state index contributed by atoms with van der Waals surface area (Å²) in [7, 11) is 0. The summed E-state index contributed by atoms with van der Waals surface area (Å²) in [6.45, 7) is 3.51. The highest BCUT2D eigenvalue weighted by molar-refractivity contribution is 6.34. The van der Waals surface area contributed by atoms with Crippen LogP contribution in [0.2, 0.25) is 0 Å². The van der Waals surface area contributed by atoms with Crippen molar-refractivity contribution in [1.82, 2.24) is 0 Å². The molecular weight excluding hydrogens is 294 g/mol. The van der Waals surface area contributed by atoms with Crippen molar-refractivity contribution in [2.75, 3.05) is 4.90 Å². The van der Waals surface area contributed by atoms with Crippen LogP contribution in [0, 0.1) is 0 Å². The Hall–Kier alpha value is -2.95. The molecule has 0 fully saturated rings. The minimum Gasteiger partial charge on any atom is -0.459 e. The van der Waals surface area contributed by atoms with Crippen LogP contribution in [-0.2, 0) is 4.74 Å². The number of carbonyl (C=O) groups excluding carboxylic acids is 3. The molecule has 2 aromatic carbocycles. The van der Waals surface area contributed by atoms with Crippen LogP contribution in [-0.4, -0.2) is 23.9 Å². The number of nitrogens with zero attached hydrogens (tertiary/aromatic N) is 1. The van der Waals surface area contributed by atoms with Gasteiger partial charge in [-0.1, -0.05) is 18.2 Å². The molecule has 23 heavy (non-hydrogen) atoms. The second kappa shape index (κ2) is 5.68. The Bertz CT molecular complexity index is 775. The standard InChI is InChI=1S/C18H15NO4/c1-11(2)23-18(22)12-6-5-7-13(10-12)19-16(20)14-8-3-4-9-15(14)17(19)21/h3-11H,1-2H3. The third kappa shape index (κ3) is 2.61. The molecule has 0 N–H and O–H groups in total. The van der Waals surface area contributed by atoms with Crippen LogP contribution in [0.4, 0.5) is 5.69 Å². The quantitative estimate of drug-likeness (QED) is 0.646. The summed E-state index contributed by atoms with van der Waals surface area (Å²) in [4.78, 5) is 38.0. The third-order valence-corrected chi connectivity index (χ3v) is 3.48. The van der Waals surface area contributed by atoms with E-state index in [2.05, 4.69) is 0 Å². The smallest absolute Gasteiger partial charge is 0.338 e. The number of imide groups is 1. The molecular formula is C18H15NO4. The molecule has 116 valence electrons. The van der Waals surface area contributed by atoms with Crippen LogP contribution in [0.3, 0.4) is 0 Å². The minimum atomic E-state index is -0.488. The lowest BCUT2D eigenvalue weighted by Gasteiger charge is -2.15. The number of hydrogen-bond donors (Lipinski definition) is 0. The number of fused-ring (bicyclic) bond motifs is 1. The van der Waals surface area contributed by atoms with Gasteiger partial charge in [0, 0.05) is 0 Å². The number of ether oxygens (including phenoxy) is 1. The van der Waals surface area contributed by atoms with Gasteiger partial charge in [-0.25, -0.2) is 9.69 Å². The zero-order valence-corrected chi connectivity index (χ0v) is 12.8. The Morgan fingerprint density at radius 1 is 0.957 bits per heavy atom. The predicted molar refractivity (Wildman–Crippen MR) is 84.6 cm³/mol. The minimum absolute atomic E-state index is 0.245. The first kappa shape index (κ1) is 15.0. The molecule has 1 aliphatic heterocycles. The fraction of sp³-hybridized carbons (Fsp3) is 0.167. The maximum Gasteiger partial charge on any atom is 0.338 e. The van der Waals surface area contributed by atoms with Gasteiger partial charge >= 0.3 is 5.97 Å². The van der Waals surface area contributed by atoms with E-state index < -0.39 is 5.97 Å². The molecule has 1 heterocycles. The molecule has 1 aliphatic rings. The molecule has 0 aromatic heterocycles. The summed E-state index contributed by atoms with van der Waals surface area (Å²) in [5, 5.41) is 0. The normalized spacial score (nSPS) is 13.4. The second-order valence-electron chi connectivity index (χ2n) is 5.50. The first-order valence-electron chi connectivity index (χ1n) is 7.28. The van der Waals surface area contributed by atoms with Gasteiger partial charge in [-0.15, -0.1) is 0 Å². The number of hydrogen-bond acceptors (Lipinski definition) is 4. The molecule has 3 rings (SSSR count). The van der Waals surface area contributed by atoms with Crippen LogP contribution in [0.1, 0.15) is 44.9 Å². The average Bonchev–Trinajstić information content (AvgIpc) is 2.79. The predicted octanol–water partition coefficient (Wildman–Crippen LogP) is 3.05. The Labute approximate surface area is 133 Å². The molecule has 0 atom stereocenters. The molecule has 0 saturated heterocycles. The fourth-order valence-electron chi connectivity index (χ4n) is 2.48. The van der Waals surface area contributed by atoms with E-state index in [1.165, 1.54) is 6.07 Å². The Kier molecular flexibility index (Phi) is 3.70. The lowest BCUT2D eigenvalue weighted by molar-refractivity contribution is 0.0377. The molecule has 0 saturated carbocycles. The second-order valence-corrected chi connectivity index (χ2v) is 5.50. The summed E-state index contributed by atoms with van der Waals surface area (Å²) < 4.78 is 5.14. The molecule has 0 radical (unpaired) electrons. The highest BCUT2D eigenvalue weighted by atomic mass is 16.5. The van der Waals surface area contributed by atoms with E-state index >= 15 is 0 Å². The molecule has 0 spiro atoms. The maximum atomic E-state index is 12.5. The summed E-state index contributed by atoms with van der Waals surface area (Å²) in [6.07, 6.45) is -0.245. The van der Waals surface area contributed by atoms with Gasteiger partial charge in [0.05, 0.1) is 28.5 Å². The zero-order valence-electron chi connectivity index (χ0n) is 12.8. The fourth-order valence-corrected chi connectivity index (χ4v) is 2.48. The topological polar surface area (TPSA) is 63.7 Å². The number of benzene rings is 2. The van der Waals surface area contributed by atoms with Gasteiger partial charge in [-0.2, -0.15) is 0 Å². The summed E-state index contributed by atoms with van der Waals surface area (Å²) in [5.74, 6) is -1.27. The van der Waals surface area contributed by atoms with Gasteiger partial charge in [0.15, 0.2) is 0 Å². The lowest BCUT2D eigenvalue weighted by atomic mass is 10.1. The first-order chi connectivity index (χ1) is 11.0. The van der Waals surface area contributed by atoms with Gasteiger partial charge in [0.1, 0.15) is 0 Å². The van der Waals surface area contributed by atoms with Gasteiger partial charge < -0.3 is 4.74 Å². The summed E-state index contributed by atoms with van der Waals surface area (Å²) in [6, 6.07) is 13.0. The SMILES string of the molecule is CC(C)OC(=O)c1cccc(N2C(=O)c3ccccc3C2=O)c1. The van der Waals surface area contributed by atoms with Crippen LogP contribution in [0.5, 0.6) is 0 Å². The van der Waals surface area contributed by atoms with Gasteiger partial charge in [-0.05, 0) is 44.2 Å². The number of carbonyl (C=O) groups is 3. The van der Waals surface area contributed by atoms with Crippen molar-refractivity contribution in [2.45, 2.75) is 20.0 Å². The number of rotatable bonds is 3. The van der Waals surface area contributed by atoms with E-state index in [0.717, 1.165) is 4.90 Å². The monoisotopic (exact) mass is 309 g/mol. The van der Waals surface area contributed by atoms with E-state index in [9.17, 15) is 14.4 Å². The van der Waals surface area contributed by atoms with E-state index in [-0.39, 0.29) is 17.9 Å². The van der Waals surface area contributed by atoms with Crippen molar-refractivity contribution < 1.29 is 19.1 Å². The van der Waals surface area contributed by atoms with Crippen molar-refractivity contribution >= 4 is 23.5 Å². The molecule has 5 heteroatoms. The van der Waals surface area contributed by atoms with Crippen molar-refractivity contribution in [3.8, 4) is 0 Å². The van der Waals surface area contributed by atoms with Crippen molar-refractivity contribution in [2.24, 2.45) is 0 Å². The highest BCUT2D eigenvalue weighted by Crippen LogP contribution is 2.28. The van der Waals surface area contributed by atoms with Crippen molar-refractivity contribution in [1.29, 1.82) is 0 Å². The molecule has 5 nitrogen and oxygen atoms in total. The molecule has 2 aromatic rings. The van der Waals surface area contributed by atoms with Gasteiger partial charge in [0.2, 0.25) is 0 Å². The first-order valence-corrected chi connectivity index (χ1v) is 7.28. The number of amides is 2. The van der Waals surface area contributed by atoms with Crippen LogP contribution in [0.15, 0.2) is 48.5 Å². The molecule has 2 amide bonds. The molecule has 0 unspecified atom stereocenters. The maximum absolute atomic E-state index is 12.5. The Morgan fingerprint density at radius 2 is 1.57 bits per heavy atom. The highest BCUT2D eigenvalue weighted by Gasteiger charge is 2.36. The number of esters is 1. The van der Waals surface area contributed by atoms with E-state index in [1.807, 2.05) is 0 Å². The Balaban J connectivity index is 1.96. The summed E-state index contributed by atoms with van der Waals surface area (Å²) >= 11 is 0. The number of anilines is 1. The van der Waals surface area contributed by atoms with Crippen LogP contribution < -0.4 is 4.90 Å².